The summed E-state index contributed by atoms with van der Waals surface area (Å²) in [6.45, 7) is 3.10. The molecule has 0 bridgehead atoms. The maximum atomic E-state index is 12.7. The Kier molecular flexibility index (Phi) is 5.46. The van der Waals surface area contributed by atoms with Gasteiger partial charge < -0.3 is 19.5 Å². The average molecular weight is 436 g/mol. The van der Waals surface area contributed by atoms with Crippen molar-refractivity contribution in [1.82, 2.24) is 9.21 Å². The molecule has 2 amide bonds. The standard InChI is InChI=1S/C20H25N3O6S/c1-13-12-15(13)16-4-2-14(28-16)3-6-18(24)22-8-10-23(11-9-22)30(26,27)19-7-5-17(29-19)20(21)25/h2,4-5,7,13,15H,3,6,8-12H2,1H3,(H2,21,25). The largest absolute Gasteiger partial charge is 0.466 e. The number of aryl methyl sites for hydroxylation is 1. The first-order chi connectivity index (χ1) is 14.3. The predicted octanol–water partition coefficient (Wildman–Crippen LogP) is 1.56. The van der Waals surface area contributed by atoms with E-state index in [0.29, 0.717) is 37.8 Å². The summed E-state index contributed by atoms with van der Waals surface area (Å²) in [5.74, 6) is 1.92. The molecule has 4 rings (SSSR count). The Labute approximate surface area is 174 Å². The zero-order valence-corrected chi connectivity index (χ0v) is 17.6. The number of carbonyl (C=O) groups is 2. The average Bonchev–Trinajstić information content (AvgIpc) is 3.15. The number of furan rings is 2. The summed E-state index contributed by atoms with van der Waals surface area (Å²) in [7, 11) is -3.88. The zero-order valence-electron chi connectivity index (χ0n) is 16.7. The van der Waals surface area contributed by atoms with Crippen LogP contribution in [0.3, 0.4) is 0 Å². The Hall–Kier alpha value is -2.59. The van der Waals surface area contributed by atoms with Crippen LogP contribution in [0.15, 0.2) is 38.2 Å². The first kappa shape index (κ1) is 20.7. The summed E-state index contributed by atoms with van der Waals surface area (Å²) in [5, 5.41) is -0.324. The van der Waals surface area contributed by atoms with Gasteiger partial charge in [-0.2, -0.15) is 4.31 Å². The van der Waals surface area contributed by atoms with Crippen molar-refractivity contribution in [2.45, 2.75) is 37.2 Å². The summed E-state index contributed by atoms with van der Waals surface area (Å²) in [6.07, 6.45) is 2.00. The SMILES string of the molecule is CC1CC1c1ccc(CCC(=O)N2CCN(S(=O)(=O)c3ccc(C(N)=O)o3)CC2)o1. The lowest BCUT2D eigenvalue weighted by molar-refractivity contribution is -0.132. The number of primary amides is 1. The number of rotatable bonds is 7. The summed E-state index contributed by atoms with van der Waals surface area (Å²) in [5.41, 5.74) is 5.10. The van der Waals surface area contributed by atoms with Crippen LogP contribution in [0.4, 0.5) is 0 Å². The molecule has 30 heavy (non-hydrogen) atoms. The van der Waals surface area contributed by atoms with E-state index in [-0.39, 0.29) is 29.8 Å². The highest BCUT2D eigenvalue weighted by Gasteiger charge is 2.36. The minimum atomic E-state index is -3.88. The summed E-state index contributed by atoms with van der Waals surface area (Å²) >= 11 is 0. The van der Waals surface area contributed by atoms with Gasteiger partial charge in [0.15, 0.2) is 5.76 Å². The van der Waals surface area contributed by atoms with Gasteiger partial charge in [0.05, 0.1) is 0 Å². The van der Waals surface area contributed by atoms with E-state index < -0.39 is 15.9 Å². The minimum Gasteiger partial charge on any atom is -0.466 e. The molecule has 9 nitrogen and oxygen atoms in total. The molecule has 2 fully saturated rings. The molecule has 2 aromatic heterocycles. The first-order valence-corrected chi connectivity index (χ1v) is 11.5. The second-order valence-electron chi connectivity index (χ2n) is 7.89. The van der Waals surface area contributed by atoms with Crippen LogP contribution in [0.1, 0.15) is 47.8 Å². The van der Waals surface area contributed by atoms with Crippen molar-refractivity contribution in [1.29, 1.82) is 0 Å². The summed E-state index contributed by atoms with van der Waals surface area (Å²) in [4.78, 5) is 25.3. The van der Waals surface area contributed by atoms with Gasteiger partial charge in [0.25, 0.3) is 15.9 Å². The smallest absolute Gasteiger partial charge is 0.284 e. The van der Waals surface area contributed by atoms with E-state index in [9.17, 15) is 18.0 Å². The van der Waals surface area contributed by atoms with Gasteiger partial charge in [0.1, 0.15) is 11.5 Å². The molecule has 0 radical (unpaired) electrons. The number of sulfonamides is 1. The normalized spacial score (nSPS) is 22.2. The topological polar surface area (TPSA) is 127 Å². The number of piperazine rings is 1. The minimum absolute atomic E-state index is 0.0289. The van der Waals surface area contributed by atoms with E-state index in [4.69, 9.17) is 14.6 Å². The van der Waals surface area contributed by atoms with Crippen molar-refractivity contribution in [2.24, 2.45) is 11.7 Å². The number of nitrogens with two attached hydrogens (primary N) is 1. The quantitative estimate of drug-likeness (QED) is 0.703. The van der Waals surface area contributed by atoms with E-state index in [0.717, 1.165) is 17.9 Å². The molecule has 2 N–H and O–H groups in total. The van der Waals surface area contributed by atoms with Gasteiger partial charge in [-0.3, -0.25) is 9.59 Å². The number of carbonyl (C=O) groups excluding carboxylic acids is 2. The lowest BCUT2D eigenvalue weighted by Crippen LogP contribution is -2.50. The van der Waals surface area contributed by atoms with E-state index in [1.165, 1.54) is 16.4 Å². The number of hydrogen-bond donors (Lipinski definition) is 1. The molecule has 3 heterocycles. The molecule has 0 spiro atoms. The molecule has 1 saturated carbocycles. The molecule has 1 saturated heterocycles. The summed E-state index contributed by atoms with van der Waals surface area (Å²) in [6, 6.07) is 6.38. The predicted molar refractivity (Wildman–Crippen MR) is 106 cm³/mol. The van der Waals surface area contributed by atoms with Gasteiger partial charge in [-0.1, -0.05) is 6.92 Å². The molecule has 10 heteroatoms. The van der Waals surface area contributed by atoms with E-state index in [1.807, 2.05) is 12.1 Å². The van der Waals surface area contributed by atoms with Gasteiger partial charge in [0, 0.05) is 44.9 Å². The summed E-state index contributed by atoms with van der Waals surface area (Å²) < 4.78 is 37.5. The van der Waals surface area contributed by atoms with Crippen LogP contribution in [0.25, 0.3) is 0 Å². The molecular formula is C20H25N3O6S. The first-order valence-electron chi connectivity index (χ1n) is 10.0. The fraction of sp³-hybridized carbons (Fsp3) is 0.500. The van der Waals surface area contributed by atoms with Gasteiger partial charge in [0.2, 0.25) is 11.0 Å². The van der Waals surface area contributed by atoms with Crippen molar-refractivity contribution < 1.29 is 26.8 Å². The Morgan fingerprint density at radius 2 is 1.80 bits per heavy atom. The van der Waals surface area contributed by atoms with Crippen LogP contribution < -0.4 is 5.73 Å². The van der Waals surface area contributed by atoms with Gasteiger partial charge in [-0.25, -0.2) is 8.42 Å². The zero-order chi connectivity index (χ0) is 21.5. The van der Waals surface area contributed by atoms with Crippen LogP contribution in [0.5, 0.6) is 0 Å². The number of hydrogen-bond acceptors (Lipinski definition) is 6. The molecule has 162 valence electrons. The number of nitrogens with zero attached hydrogens (tertiary/aromatic N) is 2. The van der Waals surface area contributed by atoms with Crippen molar-refractivity contribution in [3.8, 4) is 0 Å². The third kappa shape index (κ3) is 4.15. The fourth-order valence-corrected chi connectivity index (χ4v) is 5.06. The van der Waals surface area contributed by atoms with Crippen LogP contribution >= 0.6 is 0 Å². The van der Waals surface area contributed by atoms with E-state index >= 15 is 0 Å². The highest BCUT2D eigenvalue weighted by molar-refractivity contribution is 7.89. The van der Waals surface area contributed by atoms with Crippen molar-refractivity contribution in [3.05, 3.63) is 41.5 Å². The van der Waals surface area contributed by atoms with Crippen molar-refractivity contribution >= 4 is 21.8 Å². The Balaban J connectivity index is 1.28. The van der Waals surface area contributed by atoms with Crippen molar-refractivity contribution in [2.75, 3.05) is 26.2 Å². The third-order valence-corrected chi connectivity index (χ3v) is 7.53. The molecule has 2 unspecified atom stereocenters. The van der Waals surface area contributed by atoms with Crippen LogP contribution in [0.2, 0.25) is 0 Å². The second-order valence-corrected chi connectivity index (χ2v) is 9.76. The molecule has 2 atom stereocenters. The maximum Gasteiger partial charge on any atom is 0.284 e. The van der Waals surface area contributed by atoms with Crippen LogP contribution in [-0.4, -0.2) is 55.6 Å². The lowest BCUT2D eigenvalue weighted by Gasteiger charge is -2.33. The molecule has 2 aliphatic rings. The molecular weight excluding hydrogens is 410 g/mol. The molecule has 2 aromatic rings. The maximum absolute atomic E-state index is 12.7. The van der Waals surface area contributed by atoms with Crippen molar-refractivity contribution in [3.63, 3.8) is 0 Å². The fourth-order valence-electron chi connectivity index (χ4n) is 3.73. The number of amides is 2. The third-order valence-electron chi connectivity index (χ3n) is 5.75. The lowest BCUT2D eigenvalue weighted by atomic mass is 10.2. The van der Waals surface area contributed by atoms with Gasteiger partial charge in [-0.05, 0) is 36.6 Å². The van der Waals surface area contributed by atoms with E-state index in [2.05, 4.69) is 6.92 Å². The monoisotopic (exact) mass is 435 g/mol. The highest BCUT2D eigenvalue weighted by atomic mass is 32.2. The second kappa shape index (κ2) is 7.92. The van der Waals surface area contributed by atoms with Crippen LogP contribution in [-0.2, 0) is 21.2 Å². The highest BCUT2D eigenvalue weighted by Crippen LogP contribution is 2.47. The van der Waals surface area contributed by atoms with E-state index in [1.54, 1.807) is 4.90 Å². The van der Waals surface area contributed by atoms with Crippen LogP contribution in [0, 0.1) is 5.92 Å². The van der Waals surface area contributed by atoms with Gasteiger partial charge >= 0.3 is 0 Å². The molecule has 1 aliphatic carbocycles. The Morgan fingerprint density at radius 3 is 2.40 bits per heavy atom. The van der Waals surface area contributed by atoms with Gasteiger partial charge in [-0.15, -0.1) is 0 Å². The molecule has 1 aliphatic heterocycles. The molecule has 0 aromatic carbocycles. The Bertz CT molecular complexity index is 1050. The Morgan fingerprint density at radius 1 is 1.10 bits per heavy atom.